The zero-order chi connectivity index (χ0) is 34.8. The first-order valence-corrected chi connectivity index (χ1v) is 18.0. The number of benzene rings is 2. The number of halogens is 1. The summed E-state index contributed by atoms with van der Waals surface area (Å²) in [6, 6.07) is 10.8. The number of nitrogens with one attached hydrogen (secondary N) is 2. The number of likely N-dealkylation sites (tertiary alicyclic amines) is 1. The van der Waals surface area contributed by atoms with E-state index in [2.05, 4.69) is 47.4 Å². The number of para-hydroxylation sites is 1. The van der Waals surface area contributed by atoms with Crippen molar-refractivity contribution in [3.63, 3.8) is 0 Å². The van der Waals surface area contributed by atoms with Crippen molar-refractivity contribution in [3.05, 3.63) is 58.7 Å². The lowest BCUT2D eigenvalue weighted by molar-refractivity contribution is -0.00259. The molecule has 3 aromatic rings. The molecule has 0 aliphatic carbocycles. The number of sulfone groups is 1. The highest BCUT2D eigenvalue weighted by molar-refractivity contribution is 7.92. The molecule has 1 aliphatic heterocycles. The van der Waals surface area contributed by atoms with Gasteiger partial charge in [-0.25, -0.2) is 18.2 Å². The van der Waals surface area contributed by atoms with E-state index in [4.69, 9.17) is 21.1 Å². The Morgan fingerprint density at radius 1 is 1.02 bits per heavy atom. The van der Waals surface area contributed by atoms with Crippen LogP contribution in [-0.2, 0) is 14.6 Å². The second-order valence-electron chi connectivity index (χ2n) is 13.9. The first kappa shape index (κ1) is 36.3. The van der Waals surface area contributed by atoms with Gasteiger partial charge in [-0.3, -0.25) is 0 Å². The molecule has 1 aromatic heterocycles. The predicted molar refractivity (Wildman–Crippen MR) is 188 cm³/mol. The molecule has 2 aromatic carbocycles. The predicted octanol–water partition coefficient (Wildman–Crippen LogP) is 8.79. The Morgan fingerprint density at radius 2 is 1.66 bits per heavy atom. The van der Waals surface area contributed by atoms with Gasteiger partial charge in [-0.2, -0.15) is 4.98 Å². The number of hydrogen-bond donors (Lipinski definition) is 2. The number of rotatable bonds is 9. The summed E-state index contributed by atoms with van der Waals surface area (Å²) in [7, 11) is -3.56. The van der Waals surface area contributed by atoms with E-state index in [1.807, 2.05) is 45.6 Å². The molecule has 1 amide bonds. The van der Waals surface area contributed by atoms with Crippen molar-refractivity contribution in [3.8, 4) is 5.75 Å². The molecule has 47 heavy (non-hydrogen) atoms. The topological polar surface area (TPSA) is 123 Å². The number of carbonyl (C=O) groups is 1. The summed E-state index contributed by atoms with van der Waals surface area (Å²) in [5.41, 5.74) is 2.73. The Morgan fingerprint density at radius 3 is 2.26 bits per heavy atom. The Kier molecular flexibility index (Phi) is 11.0. The van der Waals surface area contributed by atoms with Crippen LogP contribution in [0.4, 0.5) is 27.9 Å². The van der Waals surface area contributed by atoms with Crippen molar-refractivity contribution in [2.24, 2.45) is 0 Å². The number of aryl methyl sites for hydroxylation is 1. The number of aromatic nitrogens is 2. The fraction of sp³-hybridized carbons (Fsp3) is 0.514. The zero-order valence-corrected chi connectivity index (χ0v) is 30.6. The van der Waals surface area contributed by atoms with Gasteiger partial charge in [-0.1, -0.05) is 23.7 Å². The van der Waals surface area contributed by atoms with Crippen molar-refractivity contribution >= 4 is 50.7 Å². The second kappa shape index (κ2) is 14.3. The first-order chi connectivity index (χ1) is 21.9. The fourth-order valence-corrected chi connectivity index (χ4v) is 7.28. The molecule has 0 bridgehead atoms. The molecule has 1 aliphatic rings. The van der Waals surface area contributed by atoms with E-state index in [1.165, 1.54) is 6.20 Å². The van der Waals surface area contributed by atoms with Gasteiger partial charge in [0.15, 0.2) is 15.7 Å². The maximum Gasteiger partial charge on any atom is 0.410 e. The van der Waals surface area contributed by atoms with E-state index in [1.54, 1.807) is 38.1 Å². The molecule has 1 fully saturated rings. The molecule has 256 valence electrons. The normalized spacial score (nSPS) is 18.7. The molecule has 1 saturated heterocycles. The van der Waals surface area contributed by atoms with Crippen molar-refractivity contribution in [1.82, 2.24) is 14.9 Å². The average molecular weight is 686 g/mol. The van der Waals surface area contributed by atoms with Crippen LogP contribution in [0.15, 0.2) is 47.5 Å². The summed E-state index contributed by atoms with van der Waals surface area (Å²) in [6.07, 6.45) is 2.67. The Balaban J connectivity index is 1.62. The van der Waals surface area contributed by atoms with Gasteiger partial charge >= 0.3 is 6.09 Å². The van der Waals surface area contributed by atoms with Crippen LogP contribution in [0.2, 0.25) is 5.02 Å². The quantitative estimate of drug-likeness (QED) is 0.227. The van der Waals surface area contributed by atoms with E-state index < -0.39 is 20.7 Å². The van der Waals surface area contributed by atoms with Crippen molar-refractivity contribution in [2.75, 3.05) is 10.6 Å². The number of nitrogens with zero attached hydrogens (tertiary/aromatic N) is 3. The lowest BCUT2D eigenvalue weighted by Crippen LogP contribution is -2.51. The number of carbonyl (C=O) groups excluding carboxylic acids is 1. The number of amides is 1. The van der Waals surface area contributed by atoms with Crippen molar-refractivity contribution < 1.29 is 22.7 Å². The highest BCUT2D eigenvalue weighted by atomic mass is 35.5. The third-order valence-corrected chi connectivity index (χ3v) is 10.5. The number of ether oxygens (including phenoxy) is 2. The summed E-state index contributed by atoms with van der Waals surface area (Å²) < 4.78 is 38.0. The molecular formula is C35H48ClN5O5S. The average Bonchev–Trinajstić information content (AvgIpc) is 2.94. The highest BCUT2D eigenvalue weighted by Gasteiger charge is 2.37. The standard InChI is InChI=1S/C35H48ClN5O5S/c1-20(2)45-30-18-26(25-16-23(6)41(24(7)17-25)34(42)46-35(8,9)10)22(5)15-29(30)39-33-37-19-27(36)32(40-33)38-28-13-11-12-14-31(28)47(43,44)21(3)4/h11-15,18-21,23-25H,16-17H2,1-10H3,(H2,37,38,39,40)/t23-,24-/m1/s1. The van der Waals surface area contributed by atoms with Gasteiger partial charge < -0.3 is 25.0 Å². The molecule has 2 atom stereocenters. The minimum Gasteiger partial charge on any atom is -0.489 e. The van der Waals surface area contributed by atoms with Crippen molar-refractivity contribution in [2.45, 2.75) is 122 Å². The van der Waals surface area contributed by atoms with Gasteiger partial charge in [-0.15, -0.1) is 0 Å². The molecule has 4 rings (SSSR count). The van der Waals surface area contributed by atoms with E-state index in [0.29, 0.717) is 17.1 Å². The molecule has 12 heteroatoms. The van der Waals surface area contributed by atoms with E-state index >= 15 is 0 Å². The maximum atomic E-state index is 13.0. The smallest absolute Gasteiger partial charge is 0.410 e. The number of anilines is 4. The van der Waals surface area contributed by atoms with Crippen LogP contribution in [0, 0.1) is 6.92 Å². The van der Waals surface area contributed by atoms with Crippen LogP contribution in [-0.4, -0.2) is 58.4 Å². The second-order valence-corrected chi connectivity index (χ2v) is 16.7. The molecule has 0 radical (unpaired) electrons. The van der Waals surface area contributed by atoms with Crippen LogP contribution in [0.3, 0.4) is 0 Å². The Labute approximate surface area is 284 Å². The lowest BCUT2D eigenvalue weighted by atomic mass is 9.80. The van der Waals surface area contributed by atoms with Gasteiger partial charge in [0.1, 0.15) is 16.4 Å². The van der Waals surface area contributed by atoms with E-state index in [0.717, 1.165) is 24.0 Å². The zero-order valence-electron chi connectivity index (χ0n) is 29.0. The van der Waals surface area contributed by atoms with Crippen LogP contribution >= 0.6 is 11.6 Å². The monoisotopic (exact) mass is 685 g/mol. The minimum absolute atomic E-state index is 0.000636. The molecule has 0 spiro atoms. The summed E-state index contributed by atoms with van der Waals surface area (Å²) in [4.78, 5) is 24.0. The lowest BCUT2D eigenvalue weighted by Gasteiger charge is -2.43. The maximum absolute atomic E-state index is 13.0. The SMILES string of the molecule is Cc1cc(Nc2ncc(Cl)c(Nc3ccccc3S(=O)(=O)C(C)C)n2)c(OC(C)C)cc1C1C[C@@H](C)N(C(=O)OC(C)(C)C)[C@H](C)C1. The van der Waals surface area contributed by atoms with Crippen LogP contribution in [0.25, 0.3) is 0 Å². The minimum atomic E-state index is -3.56. The van der Waals surface area contributed by atoms with Gasteiger partial charge in [0, 0.05) is 12.1 Å². The fourth-order valence-electron chi connectivity index (χ4n) is 5.94. The van der Waals surface area contributed by atoms with Crippen LogP contribution < -0.4 is 15.4 Å². The molecule has 2 heterocycles. The highest BCUT2D eigenvalue weighted by Crippen LogP contribution is 2.41. The largest absolute Gasteiger partial charge is 0.489 e. The number of hydrogen-bond acceptors (Lipinski definition) is 9. The summed E-state index contributed by atoms with van der Waals surface area (Å²) in [5, 5.41) is 6.03. The summed E-state index contributed by atoms with van der Waals surface area (Å²) in [5.74, 6) is 1.38. The van der Waals surface area contributed by atoms with Gasteiger partial charge in [0.25, 0.3) is 0 Å². The van der Waals surface area contributed by atoms with E-state index in [9.17, 15) is 13.2 Å². The molecule has 0 saturated carbocycles. The van der Waals surface area contributed by atoms with Crippen molar-refractivity contribution in [1.29, 1.82) is 0 Å². The molecule has 2 N–H and O–H groups in total. The van der Waals surface area contributed by atoms with Gasteiger partial charge in [0.05, 0.1) is 33.8 Å². The summed E-state index contributed by atoms with van der Waals surface area (Å²) >= 11 is 6.47. The van der Waals surface area contributed by atoms with Gasteiger partial charge in [0.2, 0.25) is 5.95 Å². The Hall–Kier alpha value is -3.57. The molecule has 0 unspecified atom stereocenters. The third kappa shape index (κ3) is 8.67. The summed E-state index contributed by atoms with van der Waals surface area (Å²) in [6.45, 7) is 19.1. The third-order valence-electron chi connectivity index (χ3n) is 8.03. The molecular weight excluding hydrogens is 638 g/mol. The number of piperidine rings is 1. The Bertz CT molecular complexity index is 1690. The first-order valence-electron chi connectivity index (χ1n) is 16.1. The van der Waals surface area contributed by atoms with E-state index in [-0.39, 0.29) is 51.9 Å². The van der Waals surface area contributed by atoms with Crippen LogP contribution in [0.1, 0.15) is 92.2 Å². The van der Waals surface area contributed by atoms with Gasteiger partial charge in [-0.05, 0) is 123 Å². The van der Waals surface area contributed by atoms with Crippen LogP contribution in [0.5, 0.6) is 5.75 Å². The molecule has 10 nitrogen and oxygen atoms in total.